The number of likely N-dealkylation sites (tertiary alicyclic amines) is 1. The molecule has 9 nitrogen and oxygen atoms in total. The Hall–Kier alpha value is -3.37. The third-order valence-electron chi connectivity index (χ3n) is 5.71. The molecule has 1 N–H and O–H groups in total. The predicted molar refractivity (Wildman–Crippen MR) is 122 cm³/mol. The second-order valence-electron chi connectivity index (χ2n) is 7.80. The van der Waals surface area contributed by atoms with Gasteiger partial charge in [-0.3, -0.25) is 19.7 Å². The van der Waals surface area contributed by atoms with Crippen LogP contribution in [0.1, 0.15) is 24.0 Å². The smallest absolute Gasteiger partial charge is 0.283 e. The molecule has 0 aliphatic carbocycles. The highest BCUT2D eigenvalue weighted by atomic mass is 32.2. The van der Waals surface area contributed by atoms with Gasteiger partial charge >= 0.3 is 0 Å². The standard InChI is InChI=1S/C23H23N3O6S/c1-15(23(28)25-9-6-18(7-10-25)24-14-27)16-2-5-22(20(13-16)26(29)30)33-19-3-4-21-17(12-19)8-11-31-32-21/h2-5,12-14,18H,1,6-11H2,(H,24,27). The number of piperidine rings is 1. The second-order valence-corrected chi connectivity index (χ2v) is 8.91. The summed E-state index contributed by atoms with van der Waals surface area (Å²) in [5, 5.41) is 14.5. The Balaban J connectivity index is 1.50. The van der Waals surface area contributed by atoms with Crippen molar-refractivity contribution in [2.75, 3.05) is 19.7 Å². The van der Waals surface area contributed by atoms with Gasteiger partial charge in [0.05, 0.1) is 16.4 Å². The fourth-order valence-corrected chi connectivity index (χ4v) is 4.84. The Morgan fingerprint density at radius 2 is 2.03 bits per heavy atom. The Morgan fingerprint density at radius 3 is 2.76 bits per heavy atom. The van der Waals surface area contributed by atoms with E-state index in [4.69, 9.17) is 9.78 Å². The van der Waals surface area contributed by atoms with Gasteiger partial charge in [0.25, 0.3) is 11.6 Å². The van der Waals surface area contributed by atoms with Crippen molar-refractivity contribution in [2.24, 2.45) is 0 Å². The molecule has 2 heterocycles. The molecule has 10 heteroatoms. The summed E-state index contributed by atoms with van der Waals surface area (Å²) in [7, 11) is 0. The number of carbonyl (C=O) groups excluding carboxylic acids is 2. The molecule has 0 atom stereocenters. The zero-order chi connectivity index (χ0) is 23.4. The summed E-state index contributed by atoms with van der Waals surface area (Å²) in [6, 6.07) is 10.3. The van der Waals surface area contributed by atoms with Crippen molar-refractivity contribution in [2.45, 2.75) is 35.1 Å². The maximum absolute atomic E-state index is 12.9. The highest BCUT2D eigenvalue weighted by Gasteiger charge is 2.26. The van der Waals surface area contributed by atoms with Gasteiger partial charge in [-0.15, -0.1) is 0 Å². The van der Waals surface area contributed by atoms with Crippen molar-refractivity contribution in [3.05, 3.63) is 64.2 Å². The molecule has 0 radical (unpaired) electrons. The highest BCUT2D eigenvalue weighted by Crippen LogP contribution is 2.38. The van der Waals surface area contributed by atoms with E-state index in [1.54, 1.807) is 23.1 Å². The monoisotopic (exact) mass is 469 g/mol. The first-order valence-electron chi connectivity index (χ1n) is 10.5. The molecule has 2 aromatic rings. The van der Waals surface area contributed by atoms with E-state index in [0.717, 1.165) is 10.5 Å². The number of hydrogen-bond donors (Lipinski definition) is 1. The number of nitrogens with one attached hydrogen (secondary N) is 1. The van der Waals surface area contributed by atoms with Gasteiger partial charge in [0.2, 0.25) is 6.41 Å². The van der Waals surface area contributed by atoms with E-state index in [-0.39, 0.29) is 23.2 Å². The minimum absolute atomic E-state index is 0.0555. The molecule has 0 bridgehead atoms. The van der Waals surface area contributed by atoms with Crippen LogP contribution in [0, 0.1) is 10.1 Å². The van der Waals surface area contributed by atoms with Crippen molar-refractivity contribution in [1.29, 1.82) is 0 Å². The minimum Gasteiger partial charge on any atom is -0.356 e. The van der Waals surface area contributed by atoms with E-state index in [1.165, 1.54) is 17.8 Å². The van der Waals surface area contributed by atoms with Crippen LogP contribution in [0.4, 0.5) is 5.69 Å². The molecule has 0 saturated carbocycles. The molecule has 0 spiro atoms. The minimum atomic E-state index is -0.449. The largest absolute Gasteiger partial charge is 0.356 e. The Labute approximate surface area is 194 Å². The van der Waals surface area contributed by atoms with Gasteiger partial charge in [-0.25, -0.2) is 0 Å². The zero-order valence-electron chi connectivity index (χ0n) is 17.8. The van der Waals surface area contributed by atoms with Gasteiger partial charge in [-0.05, 0) is 42.7 Å². The van der Waals surface area contributed by atoms with Gasteiger partial charge < -0.3 is 15.1 Å². The average molecular weight is 470 g/mol. The molecule has 0 aromatic heterocycles. The molecule has 33 heavy (non-hydrogen) atoms. The quantitative estimate of drug-likeness (QED) is 0.218. The van der Waals surface area contributed by atoms with Crippen molar-refractivity contribution in [3.8, 4) is 5.75 Å². The number of nitro groups is 1. The molecular formula is C23H23N3O6S. The van der Waals surface area contributed by atoms with Crippen LogP contribution < -0.4 is 10.2 Å². The first-order valence-corrected chi connectivity index (χ1v) is 11.3. The van der Waals surface area contributed by atoms with Gasteiger partial charge in [-0.1, -0.05) is 24.4 Å². The van der Waals surface area contributed by atoms with Crippen molar-refractivity contribution in [3.63, 3.8) is 0 Å². The predicted octanol–water partition coefficient (Wildman–Crippen LogP) is 3.36. The number of nitrogens with zero attached hydrogens (tertiary/aromatic N) is 2. The van der Waals surface area contributed by atoms with E-state index in [2.05, 4.69) is 11.9 Å². The number of fused-ring (bicyclic) bond motifs is 1. The number of nitro benzene ring substituents is 1. The molecule has 2 amide bonds. The molecule has 4 rings (SSSR count). The molecule has 2 aliphatic rings. The molecule has 0 unspecified atom stereocenters. The van der Waals surface area contributed by atoms with E-state index in [9.17, 15) is 19.7 Å². The molecule has 1 fully saturated rings. The summed E-state index contributed by atoms with van der Waals surface area (Å²) < 4.78 is 0. The zero-order valence-corrected chi connectivity index (χ0v) is 18.6. The van der Waals surface area contributed by atoms with Gasteiger partial charge in [0.1, 0.15) is 0 Å². The maximum Gasteiger partial charge on any atom is 0.283 e. The molecule has 2 aliphatic heterocycles. The van der Waals surface area contributed by atoms with E-state index >= 15 is 0 Å². The first-order chi connectivity index (χ1) is 16.0. The van der Waals surface area contributed by atoms with Crippen LogP contribution in [0.2, 0.25) is 0 Å². The third kappa shape index (κ3) is 5.18. The van der Waals surface area contributed by atoms with E-state index in [1.807, 2.05) is 12.1 Å². The van der Waals surface area contributed by atoms with Crippen LogP contribution in [0.15, 0.2) is 52.8 Å². The lowest BCUT2D eigenvalue weighted by Crippen LogP contribution is -2.44. The van der Waals surface area contributed by atoms with E-state index in [0.29, 0.717) is 61.6 Å². The van der Waals surface area contributed by atoms with Crippen molar-refractivity contribution in [1.82, 2.24) is 10.2 Å². The number of hydrogen-bond acceptors (Lipinski definition) is 7. The second kappa shape index (κ2) is 10.1. The van der Waals surface area contributed by atoms with E-state index < -0.39 is 4.92 Å². The average Bonchev–Trinajstić information content (AvgIpc) is 2.84. The van der Waals surface area contributed by atoms with Crippen LogP contribution in [0.3, 0.4) is 0 Å². The number of rotatable bonds is 7. The summed E-state index contributed by atoms with van der Waals surface area (Å²) in [5.41, 5.74) is 1.52. The topological polar surface area (TPSA) is 111 Å². The molecule has 1 saturated heterocycles. The van der Waals surface area contributed by atoms with Crippen molar-refractivity contribution < 1.29 is 24.3 Å². The fraction of sp³-hybridized carbons (Fsp3) is 0.304. The number of amides is 2. The molecule has 2 aromatic carbocycles. The van der Waals surface area contributed by atoms with Crippen LogP contribution in [-0.4, -0.2) is 47.9 Å². The van der Waals surface area contributed by atoms with Crippen LogP contribution >= 0.6 is 11.8 Å². The Kier molecular flexibility index (Phi) is 6.95. The SMILES string of the molecule is C=C(C(=O)N1CCC(NC=O)CC1)c1ccc(Sc2ccc3c(c2)CCOO3)c([N+](=O)[O-])c1. The van der Waals surface area contributed by atoms with Gasteiger partial charge in [-0.2, -0.15) is 4.89 Å². The summed E-state index contributed by atoms with van der Waals surface area (Å²) in [5.74, 6) is 0.391. The normalized spacial score (nSPS) is 15.8. The number of benzene rings is 2. The lowest BCUT2D eigenvalue weighted by Gasteiger charge is -2.32. The first kappa shape index (κ1) is 22.8. The molecule has 172 valence electrons. The van der Waals surface area contributed by atoms with Gasteiger partial charge in [0.15, 0.2) is 5.75 Å². The van der Waals surface area contributed by atoms with Crippen LogP contribution in [0.25, 0.3) is 5.57 Å². The summed E-state index contributed by atoms with van der Waals surface area (Å²) in [6.45, 7) is 5.34. The summed E-state index contributed by atoms with van der Waals surface area (Å²) in [4.78, 5) is 47.9. The lowest BCUT2D eigenvalue weighted by atomic mass is 10.0. The van der Waals surface area contributed by atoms with Crippen molar-refractivity contribution >= 4 is 35.3 Å². The Morgan fingerprint density at radius 1 is 1.24 bits per heavy atom. The van der Waals surface area contributed by atoms with Crippen LogP contribution in [0.5, 0.6) is 5.75 Å². The van der Waals surface area contributed by atoms with Crippen LogP contribution in [-0.2, 0) is 20.9 Å². The maximum atomic E-state index is 12.9. The number of carbonyl (C=O) groups is 2. The third-order valence-corrected chi connectivity index (χ3v) is 6.77. The molecular weight excluding hydrogens is 446 g/mol. The highest BCUT2D eigenvalue weighted by molar-refractivity contribution is 7.99. The van der Waals surface area contributed by atoms with Gasteiger partial charge in [0, 0.05) is 47.7 Å². The lowest BCUT2D eigenvalue weighted by molar-refractivity contribution is -0.387. The fourth-order valence-electron chi connectivity index (χ4n) is 3.87. The summed E-state index contributed by atoms with van der Waals surface area (Å²) in [6.07, 6.45) is 2.69. The Bertz CT molecular complexity index is 1100. The summed E-state index contributed by atoms with van der Waals surface area (Å²) >= 11 is 1.28.